The molecular weight excluding hydrogens is 424 g/mol. The Morgan fingerprint density at radius 1 is 1.00 bits per heavy atom. The highest BCUT2D eigenvalue weighted by Crippen LogP contribution is 2.16. The van der Waals surface area contributed by atoms with Crippen molar-refractivity contribution in [3.63, 3.8) is 0 Å². The quantitative estimate of drug-likeness (QED) is 0.414. The number of nitrogens with zero attached hydrogens (tertiary/aromatic N) is 3. The number of halogens is 1. The summed E-state index contributed by atoms with van der Waals surface area (Å²) >= 11 is 5.87. The van der Waals surface area contributed by atoms with Gasteiger partial charge in [0.05, 0.1) is 18.3 Å². The molecule has 0 aliphatic heterocycles. The molecule has 2 aromatic carbocycles. The molecule has 4 aromatic rings. The summed E-state index contributed by atoms with van der Waals surface area (Å²) in [6.45, 7) is 1.90. The SMILES string of the molecule is Cc1cc(CC(=O)c2cccc(-n3cc(CC(=O)Nc4ccc(Cl)cc4)cn3)c2)ccn1. The Labute approximate surface area is 190 Å². The van der Waals surface area contributed by atoms with Crippen LogP contribution in [0, 0.1) is 6.92 Å². The van der Waals surface area contributed by atoms with Crippen LogP contribution in [-0.2, 0) is 17.6 Å². The summed E-state index contributed by atoms with van der Waals surface area (Å²) in [5.41, 5.74) is 4.62. The van der Waals surface area contributed by atoms with Crippen molar-refractivity contribution in [1.29, 1.82) is 0 Å². The fraction of sp³-hybridized carbons (Fsp3) is 0.120. The number of ketones is 1. The Kier molecular flexibility index (Phi) is 6.42. The van der Waals surface area contributed by atoms with Crippen molar-refractivity contribution in [3.8, 4) is 5.69 Å². The normalized spacial score (nSPS) is 10.7. The van der Waals surface area contributed by atoms with Gasteiger partial charge < -0.3 is 5.32 Å². The molecule has 6 nitrogen and oxygen atoms in total. The summed E-state index contributed by atoms with van der Waals surface area (Å²) in [5, 5.41) is 7.80. The molecule has 0 aliphatic rings. The molecular formula is C25H21ClN4O2. The number of nitrogens with one attached hydrogen (secondary N) is 1. The predicted molar refractivity (Wildman–Crippen MR) is 124 cm³/mol. The summed E-state index contributed by atoms with van der Waals surface area (Å²) in [7, 11) is 0. The monoisotopic (exact) mass is 444 g/mol. The van der Waals surface area contributed by atoms with Crippen molar-refractivity contribution in [2.45, 2.75) is 19.8 Å². The van der Waals surface area contributed by atoms with Crippen molar-refractivity contribution in [1.82, 2.24) is 14.8 Å². The van der Waals surface area contributed by atoms with E-state index in [1.807, 2.05) is 31.2 Å². The number of carbonyl (C=O) groups is 2. The number of amides is 1. The third kappa shape index (κ3) is 5.47. The molecule has 0 saturated heterocycles. The van der Waals surface area contributed by atoms with Crippen LogP contribution in [0.1, 0.15) is 27.2 Å². The number of Topliss-reactive ketones (excluding diaryl/α,β-unsaturated/α-hetero) is 1. The van der Waals surface area contributed by atoms with Gasteiger partial charge in [-0.15, -0.1) is 0 Å². The molecule has 0 fully saturated rings. The van der Waals surface area contributed by atoms with E-state index in [2.05, 4.69) is 15.4 Å². The molecule has 2 heterocycles. The lowest BCUT2D eigenvalue weighted by Crippen LogP contribution is -2.13. The Hall–Kier alpha value is -3.77. The maximum atomic E-state index is 12.7. The Balaban J connectivity index is 1.43. The van der Waals surface area contributed by atoms with Crippen molar-refractivity contribution < 1.29 is 9.59 Å². The van der Waals surface area contributed by atoms with Crippen molar-refractivity contribution >= 4 is 29.0 Å². The fourth-order valence-electron chi connectivity index (χ4n) is 3.34. The summed E-state index contributed by atoms with van der Waals surface area (Å²) in [4.78, 5) is 29.2. The van der Waals surface area contributed by atoms with E-state index < -0.39 is 0 Å². The molecule has 4 rings (SSSR count). The van der Waals surface area contributed by atoms with E-state index in [4.69, 9.17) is 11.6 Å². The highest BCUT2D eigenvalue weighted by atomic mass is 35.5. The van der Waals surface area contributed by atoms with Crippen LogP contribution in [0.3, 0.4) is 0 Å². The highest BCUT2D eigenvalue weighted by molar-refractivity contribution is 6.30. The van der Waals surface area contributed by atoms with Crippen LogP contribution in [-0.4, -0.2) is 26.5 Å². The second kappa shape index (κ2) is 9.58. The van der Waals surface area contributed by atoms with Crippen LogP contribution < -0.4 is 5.32 Å². The zero-order chi connectivity index (χ0) is 22.5. The number of rotatable bonds is 7. The third-order valence-electron chi connectivity index (χ3n) is 4.89. The molecule has 0 spiro atoms. The lowest BCUT2D eigenvalue weighted by molar-refractivity contribution is -0.115. The molecule has 1 N–H and O–H groups in total. The molecule has 0 unspecified atom stereocenters. The van der Waals surface area contributed by atoms with E-state index in [1.54, 1.807) is 59.7 Å². The summed E-state index contributed by atoms with van der Waals surface area (Å²) in [6, 6.07) is 18.0. The zero-order valence-corrected chi connectivity index (χ0v) is 18.2. The number of hydrogen-bond acceptors (Lipinski definition) is 4. The van der Waals surface area contributed by atoms with E-state index >= 15 is 0 Å². The van der Waals surface area contributed by atoms with E-state index in [9.17, 15) is 9.59 Å². The van der Waals surface area contributed by atoms with E-state index in [0.29, 0.717) is 22.7 Å². The van der Waals surface area contributed by atoms with Crippen LogP contribution in [0.25, 0.3) is 5.69 Å². The van der Waals surface area contributed by atoms with Gasteiger partial charge in [-0.05, 0) is 66.6 Å². The second-order valence-corrected chi connectivity index (χ2v) is 7.92. The number of anilines is 1. The van der Waals surface area contributed by atoms with Gasteiger partial charge in [0.25, 0.3) is 0 Å². The fourth-order valence-corrected chi connectivity index (χ4v) is 3.47. The number of hydrogen-bond donors (Lipinski definition) is 1. The maximum absolute atomic E-state index is 12.7. The molecule has 0 atom stereocenters. The summed E-state index contributed by atoms with van der Waals surface area (Å²) < 4.78 is 1.66. The lowest BCUT2D eigenvalue weighted by Gasteiger charge is -2.06. The first kappa shape index (κ1) is 21.5. The van der Waals surface area contributed by atoms with Gasteiger partial charge in [0.1, 0.15) is 0 Å². The van der Waals surface area contributed by atoms with Gasteiger partial charge in [-0.3, -0.25) is 14.6 Å². The van der Waals surface area contributed by atoms with Gasteiger partial charge >= 0.3 is 0 Å². The molecule has 7 heteroatoms. The molecule has 0 radical (unpaired) electrons. The number of aromatic nitrogens is 3. The molecule has 0 aliphatic carbocycles. The van der Waals surface area contributed by atoms with E-state index in [0.717, 1.165) is 22.5 Å². The minimum Gasteiger partial charge on any atom is -0.326 e. The number of carbonyl (C=O) groups excluding carboxylic acids is 2. The van der Waals surface area contributed by atoms with Gasteiger partial charge in [-0.2, -0.15) is 5.10 Å². The molecule has 0 saturated carbocycles. The number of pyridine rings is 1. The minimum atomic E-state index is -0.150. The molecule has 1 amide bonds. The van der Waals surface area contributed by atoms with Gasteiger partial charge in [-0.1, -0.05) is 23.7 Å². The largest absolute Gasteiger partial charge is 0.326 e. The number of benzene rings is 2. The standard InChI is InChI=1S/C25H21ClN4O2/c1-17-11-18(9-10-27-17)12-24(31)20-3-2-4-23(14-20)30-16-19(15-28-30)13-25(32)29-22-7-5-21(26)6-8-22/h2-11,14-16H,12-13H2,1H3,(H,29,32). The molecule has 160 valence electrons. The van der Waals surface area contributed by atoms with Crippen molar-refractivity contribution in [3.05, 3.63) is 107 Å². The maximum Gasteiger partial charge on any atom is 0.228 e. The second-order valence-electron chi connectivity index (χ2n) is 7.48. The lowest BCUT2D eigenvalue weighted by atomic mass is 10.0. The topological polar surface area (TPSA) is 76.9 Å². The van der Waals surface area contributed by atoms with Crippen LogP contribution in [0.4, 0.5) is 5.69 Å². The number of aryl methyl sites for hydroxylation is 1. The first-order valence-electron chi connectivity index (χ1n) is 10.1. The summed E-state index contributed by atoms with van der Waals surface area (Å²) in [6.07, 6.45) is 5.64. The third-order valence-corrected chi connectivity index (χ3v) is 5.14. The highest BCUT2D eigenvalue weighted by Gasteiger charge is 2.11. The van der Waals surface area contributed by atoms with E-state index in [1.165, 1.54) is 0 Å². The van der Waals surface area contributed by atoms with Crippen molar-refractivity contribution in [2.24, 2.45) is 0 Å². The predicted octanol–water partition coefficient (Wildman–Crippen LogP) is 4.84. The van der Waals surface area contributed by atoms with Gasteiger partial charge in [0.2, 0.25) is 5.91 Å². The Morgan fingerprint density at radius 2 is 1.81 bits per heavy atom. The molecule has 32 heavy (non-hydrogen) atoms. The molecule has 0 bridgehead atoms. The van der Waals surface area contributed by atoms with Gasteiger partial charge in [-0.25, -0.2) is 4.68 Å². The zero-order valence-electron chi connectivity index (χ0n) is 17.5. The van der Waals surface area contributed by atoms with Gasteiger partial charge in [0, 0.05) is 40.8 Å². The Morgan fingerprint density at radius 3 is 2.59 bits per heavy atom. The average molecular weight is 445 g/mol. The first-order valence-corrected chi connectivity index (χ1v) is 10.5. The van der Waals surface area contributed by atoms with Crippen LogP contribution in [0.5, 0.6) is 0 Å². The van der Waals surface area contributed by atoms with Crippen molar-refractivity contribution in [2.75, 3.05) is 5.32 Å². The summed E-state index contributed by atoms with van der Waals surface area (Å²) in [5.74, 6) is -0.129. The van der Waals surface area contributed by atoms with Crippen LogP contribution >= 0.6 is 11.6 Å². The smallest absolute Gasteiger partial charge is 0.228 e. The first-order chi connectivity index (χ1) is 15.5. The van der Waals surface area contributed by atoms with Gasteiger partial charge in [0.15, 0.2) is 5.78 Å². The van der Waals surface area contributed by atoms with E-state index in [-0.39, 0.29) is 18.1 Å². The minimum absolute atomic E-state index is 0.0205. The Bertz CT molecular complexity index is 1260. The molecule has 2 aromatic heterocycles. The van der Waals surface area contributed by atoms with Crippen LogP contribution in [0.2, 0.25) is 5.02 Å². The average Bonchev–Trinajstić information content (AvgIpc) is 3.24. The van der Waals surface area contributed by atoms with Crippen LogP contribution in [0.15, 0.2) is 79.3 Å².